The van der Waals surface area contributed by atoms with E-state index in [1.165, 1.54) is 0 Å². The fourth-order valence-corrected chi connectivity index (χ4v) is 2.75. The number of para-hydroxylation sites is 1. The third kappa shape index (κ3) is 4.32. The van der Waals surface area contributed by atoms with Gasteiger partial charge in [0.2, 0.25) is 0 Å². The van der Waals surface area contributed by atoms with Crippen LogP contribution in [0.2, 0.25) is 0 Å². The molecule has 0 bridgehead atoms. The van der Waals surface area contributed by atoms with Crippen molar-refractivity contribution < 1.29 is 13.9 Å². The van der Waals surface area contributed by atoms with Gasteiger partial charge in [-0.15, -0.1) is 0 Å². The van der Waals surface area contributed by atoms with Crippen LogP contribution in [0.25, 0.3) is 11.5 Å². The van der Waals surface area contributed by atoms with Gasteiger partial charge in [0.15, 0.2) is 17.4 Å². The van der Waals surface area contributed by atoms with Crippen LogP contribution in [0.15, 0.2) is 89.6 Å². The molecule has 0 saturated heterocycles. The second-order valence-corrected chi connectivity index (χ2v) is 6.20. The quantitative estimate of drug-likeness (QED) is 0.411. The molecular formula is C23H18N2O3. The molecule has 2 aromatic carbocycles. The van der Waals surface area contributed by atoms with Crippen LogP contribution in [0, 0.1) is 0 Å². The zero-order chi connectivity index (χ0) is 19.2. The maximum atomic E-state index is 12.4. The summed E-state index contributed by atoms with van der Waals surface area (Å²) in [6, 6.07) is 22.2. The molecular weight excluding hydrogens is 352 g/mol. The second kappa shape index (κ2) is 8.31. The lowest BCUT2D eigenvalue weighted by atomic mass is 10.1. The van der Waals surface area contributed by atoms with Crippen LogP contribution in [-0.2, 0) is 6.42 Å². The Hall–Kier alpha value is -3.73. The van der Waals surface area contributed by atoms with Crippen molar-refractivity contribution in [2.75, 3.05) is 0 Å². The minimum absolute atomic E-state index is 0.0313. The Bertz CT molecular complexity index is 1040. The van der Waals surface area contributed by atoms with Crippen LogP contribution in [0.3, 0.4) is 0 Å². The number of pyridine rings is 1. The fraction of sp³-hybridized carbons (Fsp3) is 0.0870. The first kappa shape index (κ1) is 17.7. The maximum Gasteiger partial charge on any atom is 0.195 e. The van der Waals surface area contributed by atoms with E-state index in [0.29, 0.717) is 35.8 Å². The number of aromatic nitrogens is 2. The summed E-state index contributed by atoms with van der Waals surface area (Å²) in [7, 11) is 0. The lowest BCUT2D eigenvalue weighted by molar-refractivity contribution is 0.0980. The molecule has 4 aromatic rings. The number of hydrogen-bond acceptors (Lipinski definition) is 5. The third-order valence-corrected chi connectivity index (χ3v) is 4.19. The number of aryl methyl sites for hydroxylation is 1. The van der Waals surface area contributed by atoms with Crippen molar-refractivity contribution >= 4 is 5.78 Å². The highest BCUT2D eigenvalue weighted by molar-refractivity contribution is 5.96. The number of ketones is 1. The average molecular weight is 370 g/mol. The SMILES string of the molecule is O=C(CCc1ncc(-c2ccccn2)o1)c1ccc(Oc2ccccc2)cc1. The molecule has 0 radical (unpaired) electrons. The van der Waals surface area contributed by atoms with Gasteiger partial charge in [0.05, 0.1) is 6.20 Å². The summed E-state index contributed by atoms with van der Waals surface area (Å²) in [5.74, 6) is 2.61. The summed E-state index contributed by atoms with van der Waals surface area (Å²) in [6.45, 7) is 0. The number of rotatable bonds is 7. The van der Waals surface area contributed by atoms with E-state index in [1.807, 2.05) is 48.5 Å². The van der Waals surface area contributed by atoms with Crippen molar-refractivity contribution in [1.82, 2.24) is 9.97 Å². The zero-order valence-corrected chi connectivity index (χ0v) is 15.1. The van der Waals surface area contributed by atoms with Crippen LogP contribution in [0.1, 0.15) is 22.7 Å². The summed E-state index contributed by atoms with van der Waals surface area (Å²) in [4.78, 5) is 20.9. The topological polar surface area (TPSA) is 65.2 Å². The number of nitrogens with zero attached hydrogens (tertiary/aromatic N) is 2. The molecule has 0 amide bonds. The fourth-order valence-electron chi connectivity index (χ4n) is 2.75. The molecule has 0 unspecified atom stereocenters. The highest BCUT2D eigenvalue weighted by Crippen LogP contribution is 2.22. The molecule has 0 atom stereocenters. The zero-order valence-electron chi connectivity index (χ0n) is 15.1. The van der Waals surface area contributed by atoms with E-state index in [0.717, 1.165) is 11.4 Å². The Morgan fingerprint density at radius 3 is 2.36 bits per heavy atom. The van der Waals surface area contributed by atoms with E-state index < -0.39 is 0 Å². The molecule has 138 valence electrons. The standard InChI is InChI=1S/C23H18N2O3/c26-21(13-14-23-25-16-22(28-23)20-8-4-5-15-24-20)17-9-11-19(12-10-17)27-18-6-2-1-3-7-18/h1-12,15-16H,13-14H2. The van der Waals surface area contributed by atoms with Crippen molar-refractivity contribution in [3.8, 4) is 23.0 Å². The van der Waals surface area contributed by atoms with E-state index in [2.05, 4.69) is 9.97 Å². The van der Waals surface area contributed by atoms with E-state index in [-0.39, 0.29) is 5.78 Å². The molecule has 0 N–H and O–H groups in total. The number of hydrogen-bond donors (Lipinski definition) is 0. The number of benzene rings is 2. The van der Waals surface area contributed by atoms with Gasteiger partial charge in [0, 0.05) is 24.6 Å². The molecule has 2 aromatic heterocycles. The number of ether oxygens (including phenoxy) is 1. The molecule has 2 heterocycles. The summed E-state index contributed by atoms with van der Waals surface area (Å²) >= 11 is 0. The number of Topliss-reactive ketones (excluding diaryl/α,β-unsaturated/α-hetero) is 1. The summed E-state index contributed by atoms with van der Waals surface area (Å²) in [6.07, 6.45) is 4.10. The Balaban J connectivity index is 1.34. The average Bonchev–Trinajstić information content (AvgIpc) is 3.23. The van der Waals surface area contributed by atoms with E-state index in [1.54, 1.807) is 36.7 Å². The molecule has 5 nitrogen and oxygen atoms in total. The molecule has 5 heteroatoms. The largest absolute Gasteiger partial charge is 0.457 e. The molecule has 0 saturated carbocycles. The lowest BCUT2D eigenvalue weighted by Gasteiger charge is -2.06. The maximum absolute atomic E-state index is 12.4. The van der Waals surface area contributed by atoms with Crippen molar-refractivity contribution in [3.05, 3.63) is 96.6 Å². The highest BCUT2D eigenvalue weighted by Gasteiger charge is 2.11. The van der Waals surface area contributed by atoms with Gasteiger partial charge >= 0.3 is 0 Å². The normalized spacial score (nSPS) is 10.6. The Kier molecular flexibility index (Phi) is 5.24. The van der Waals surface area contributed by atoms with Gasteiger partial charge in [-0.1, -0.05) is 24.3 Å². The molecule has 0 aliphatic carbocycles. The summed E-state index contributed by atoms with van der Waals surface area (Å²) in [5, 5.41) is 0. The highest BCUT2D eigenvalue weighted by atomic mass is 16.5. The van der Waals surface area contributed by atoms with Crippen molar-refractivity contribution in [2.45, 2.75) is 12.8 Å². The summed E-state index contributed by atoms with van der Waals surface area (Å²) in [5.41, 5.74) is 1.36. The van der Waals surface area contributed by atoms with Crippen LogP contribution < -0.4 is 4.74 Å². The first-order chi connectivity index (χ1) is 13.8. The Morgan fingerprint density at radius 1 is 0.857 bits per heavy atom. The molecule has 0 aliphatic heterocycles. The Labute approximate surface area is 162 Å². The minimum atomic E-state index is 0.0313. The van der Waals surface area contributed by atoms with Gasteiger partial charge in [0.25, 0.3) is 0 Å². The second-order valence-electron chi connectivity index (χ2n) is 6.20. The van der Waals surface area contributed by atoms with Crippen LogP contribution in [-0.4, -0.2) is 15.8 Å². The van der Waals surface area contributed by atoms with Crippen LogP contribution in [0.5, 0.6) is 11.5 Å². The summed E-state index contributed by atoms with van der Waals surface area (Å²) < 4.78 is 11.4. The number of carbonyl (C=O) groups is 1. The molecule has 0 aliphatic rings. The monoisotopic (exact) mass is 370 g/mol. The molecule has 0 fully saturated rings. The molecule has 0 spiro atoms. The third-order valence-electron chi connectivity index (χ3n) is 4.19. The molecule has 28 heavy (non-hydrogen) atoms. The van der Waals surface area contributed by atoms with Crippen LogP contribution in [0.4, 0.5) is 0 Å². The predicted octanol–water partition coefficient (Wildman–Crippen LogP) is 5.34. The van der Waals surface area contributed by atoms with E-state index >= 15 is 0 Å². The van der Waals surface area contributed by atoms with E-state index in [9.17, 15) is 4.79 Å². The van der Waals surface area contributed by atoms with Gasteiger partial charge in [-0.25, -0.2) is 4.98 Å². The number of oxazole rings is 1. The molecule has 4 rings (SSSR count). The first-order valence-electron chi connectivity index (χ1n) is 9.00. The van der Waals surface area contributed by atoms with E-state index in [4.69, 9.17) is 9.15 Å². The first-order valence-corrected chi connectivity index (χ1v) is 9.00. The Morgan fingerprint density at radius 2 is 1.61 bits per heavy atom. The van der Waals surface area contributed by atoms with Gasteiger partial charge < -0.3 is 9.15 Å². The van der Waals surface area contributed by atoms with Gasteiger partial charge in [-0.05, 0) is 48.5 Å². The minimum Gasteiger partial charge on any atom is -0.457 e. The predicted molar refractivity (Wildman–Crippen MR) is 105 cm³/mol. The van der Waals surface area contributed by atoms with Gasteiger partial charge in [-0.3, -0.25) is 9.78 Å². The van der Waals surface area contributed by atoms with Crippen molar-refractivity contribution in [1.29, 1.82) is 0 Å². The lowest BCUT2D eigenvalue weighted by Crippen LogP contribution is -2.01. The van der Waals surface area contributed by atoms with Crippen molar-refractivity contribution in [2.24, 2.45) is 0 Å². The van der Waals surface area contributed by atoms with Gasteiger partial charge in [-0.2, -0.15) is 0 Å². The smallest absolute Gasteiger partial charge is 0.195 e. The van der Waals surface area contributed by atoms with Gasteiger partial charge in [0.1, 0.15) is 17.2 Å². The number of carbonyl (C=O) groups excluding carboxylic acids is 1. The van der Waals surface area contributed by atoms with Crippen LogP contribution >= 0.6 is 0 Å². The van der Waals surface area contributed by atoms with Crippen molar-refractivity contribution in [3.63, 3.8) is 0 Å².